The van der Waals surface area contributed by atoms with Crippen molar-refractivity contribution in [2.24, 2.45) is 11.3 Å². The number of hydrogen-bond acceptors (Lipinski definition) is 3. The van der Waals surface area contributed by atoms with Crippen LogP contribution in [0.15, 0.2) is 0 Å². The van der Waals surface area contributed by atoms with Gasteiger partial charge >= 0.3 is 0 Å². The lowest BCUT2D eigenvalue weighted by molar-refractivity contribution is -0.126. The van der Waals surface area contributed by atoms with Gasteiger partial charge in [-0.05, 0) is 32.7 Å². The van der Waals surface area contributed by atoms with E-state index in [2.05, 4.69) is 34.7 Å². The first-order valence-corrected chi connectivity index (χ1v) is 6.51. The number of H-pyrrole nitrogens is 1. The maximum Gasteiger partial charge on any atom is 0.232 e. The third kappa shape index (κ3) is 2.03. The number of anilines is 1. The number of nitrogens with zero attached hydrogens (tertiary/aromatic N) is 1. The molecule has 5 nitrogen and oxygen atoms in total. The number of carbonyl (C=O) groups excluding carboxylic acids is 1. The lowest BCUT2D eigenvalue weighted by atomic mass is 9.75. The second kappa shape index (κ2) is 4.72. The van der Waals surface area contributed by atoms with Crippen LogP contribution in [-0.4, -0.2) is 29.2 Å². The first-order chi connectivity index (χ1) is 8.47. The summed E-state index contributed by atoms with van der Waals surface area (Å²) >= 11 is 0. The molecule has 1 aromatic rings. The molecule has 1 aromatic heterocycles. The number of aromatic nitrogens is 2. The van der Waals surface area contributed by atoms with Gasteiger partial charge in [-0.25, -0.2) is 0 Å². The van der Waals surface area contributed by atoms with Gasteiger partial charge in [-0.15, -0.1) is 0 Å². The molecule has 1 atom stereocenters. The molecular weight excluding hydrogens is 228 g/mol. The molecule has 18 heavy (non-hydrogen) atoms. The summed E-state index contributed by atoms with van der Waals surface area (Å²) in [6, 6.07) is 0. The van der Waals surface area contributed by atoms with Crippen LogP contribution in [0, 0.1) is 25.2 Å². The number of amides is 1. The predicted molar refractivity (Wildman–Crippen MR) is 71.4 cm³/mol. The molecule has 100 valence electrons. The van der Waals surface area contributed by atoms with E-state index >= 15 is 0 Å². The van der Waals surface area contributed by atoms with E-state index in [-0.39, 0.29) is 11.3 Å². The van der Waals surface area contributed by atoms with Gasteiger partial charge in [0.25, 0.3) is 0 Å². The minimum absolute atomic E-state index is 0.107. The van der Waals surface area contributed by atoms with Crippen molar-refractivity contribution in [1.29, 1.82) is 0 Å². The predicted octanol–water partition coefficient (Wildman–Crippen LogP) is 1.60. The monoisotopic (exact) mass is 250 g/mol. The van der Waals surface area contributed by atoms with E-state index in [1.165, 1.54) is 0 Å². The molecule has 2 heterocycles. The fourth-order valence-electron chi connectivity index (χ4n) is 2.63. The van der Waals surface area contributed by atoms with Crippen molar-refractivity contribution in [1.82, 2.24) is 15.5 Å². The number of hydrogen-bond donors (Lipinski definition) is 3. The van der Waals surface area contributed by atoms with Crippen LogP contribution in [0.1, 0.15) is 31.7 Å². The summed E-state index contributed by atoms with van der Waals surface area (Å²) in [5, 5.41) is 13.4. The zero-order valence-corrected chi connectivity index (χ0v) is 11.6. The SMILES string of the molecule is Cc1n[nH]c(C)c1NC(=O)C1(C(C)C)CCNC1. The van der Waals surface area contributed by atoms with Gasteiger partial charge < -0.3 is 10.6 Å². The highest BCUT2D eigenvalue weighted by Crippen LogP contribution is 2.35. The zero-order chi connectivity index (χ0) is 13.3. The molecule has 5 heteroatoms. The molecule has 0 radical (unpaired) electrons. The van der Waals surface area contributed by atoms with Crippen LogP contribution in [0.2, 0.25) is 0 Å². The van der Waals surface area contributed by atoms with Gasteiger partial charge in [-0.2, -0.15) is 5.10 Å². The highest BCUT2D eigenvalue weighted by atomic mass is 16.2. The van der Waals surface area contributed by atoms with Gasteiger partial charge in [0.15, 0.2) is 0 Å². The number of aryl methyl sites for hydroxylation is 2. The molecule has 0 saturated carbocycles. The lowest BCUT2D eigenvalue weighted by Crippen LogP contribution is -2.42. The van der Waals surface area contributed by atoms with Crippen LogP contribution in [-0.2, 0) is 4.79 Å². The molecule has 1 aliphatic rings. The molecule has 1 unspecified atom stereocenters. The summed E-state index contributed by atoms with van der Waals surface area (Å²) in [4.78, 5) is 12.6. The molecule has 1 aliphatic heterocycles. The summed E-state index contributed by atoms with van der Waals surface area (Å²) in [5.41, 5.74) is 2.28. The van der Waals surface area contributed by atoms with Gasteiger partial charge in [0, 0.05) is 6.54 Å². The van der Waals surface area contributed by atoms with E-state index in [1.54, 1.807) is 0 Å². The van der Waals surface area contributed by atoms with E-state index in [0.717, 1.165) is 36.6 Å². The first kappa shape index (κ1) is 13.1. The molecule has 0 aromatic carbocycles. The molecule has 0 aliphatic carbocycles. The van der Waals surface area contributed by atoms with Crippen LogP contribution in [0.25, 0.3) is 0 Å². The van der Waals surface area contributed by atoms with Crippen LogP contribution in [0.4, 0.5) is 5.69 Å². The first-order valence-electron chi connectivity index (χ1n) is 6.51. The van der Waals surface area contributed by atoms with Crippen LogP contribution < -0.4 is 10.6 Å². The van der Waals surface area contributed by atoms with Crippen molar-refractivity contribution < 1.29 is 4.79 Å². The van der Waals surface area contributed by atoms with Crippen molar-refractivity contribution >= 4 is 11.6 Å². The summed E-state index contributed by atoms with van der Waals surface area (Å²) in [7, 11) is 0. The zero-order valence-electron chi connectivity index (χ0n) is 11.6. The Morgan fingerprint density at radius 1 is 1.44 bits per heavy atom. The van der Waals surface area contributed by atoms with Crippen molar-refractivity contribution in [3.8, 4) is 0 Å². The minimum Gasteiger partial charge on any atom is -0.322 e. The second-order valence-electron chi connectivity index (χ2n) is 5.50. The topological polar surface area (TPSA) is 69.8 Å². The average Bonchev–Trinajstić information content (AvgIpc) is 2.91. The smallest absolute Gasteiger partial charge is 0.232 e. The van der Waals surface area contributed by atoms with Gasteiger partial charge in [0.2, 0.25) is 5.91 Å². The van der Waals surface area contributed by atoms with Crippen molar-refractivity contribution in [3.05, 3.63) is 11.4 Å². The van der Waals surface area contributed by atoms with Gasteiger partial charge in [0.05, 0.1) is 22.5 Å². The Kier molecular flexibility index (Phi) is 3.43. The number of nitrogens with one attached hydrogen (secondary N) is 3. The number of aromatic amines is 1. The largest absolute Gasteiger partial charge is 0.322 e. The highest BCUT2D eigenvalue weighted by molar-refractivity contribution is 5.96. The second-order valence-corrected chi connectivity index (χ2v) is 5.50. The third-order valence-corrected chi connectivity index (χ3v) is 4.11. The minimum atomic E-state index is -0.295. The molecule has 1 fully saturated rings. The Morgan fingerprint density at radius 3 is 2.61 bits per heavy atom. The van der Waals surface area contributed by atoms with Gasteiger partial charge in [-0.3, -0.25) is 9.89 Å². The van der Waals surface area contributed by atoms with Gasteiger partial charge in [0.1, 0.15) is 0 Å². The summed E-state index contributed by atoms with van der Waals surface area (Å²) in [5.74, 6) is 0.426. The number of carbonyl (C=O) groups is 1. The normalized spacial score (nSPS) is 23.6. The molecular formula is C13H22N4O. The van der Waals surface area contributed by atoms with Crippen molar-refractivity contribution in [2.75, 3.05) is 18.4 Å². The molecule has 0 bridgehead atoms. The van der Waals surface area contributed by atoms with E-state index in [0.29, 0.717) is 5.92 Å². The van der Waals surface area contributed by atoms with Crippen LogP contribution in [0.5, 0.6) is 0 Å². The summed E-state index contributed by atoms with van der Waals surface area (Å²) in [6.45, 7) is 9.71. The fraction of sp³-hybridized carbons (Fsp3) is 0.692. The van der Waals surface area contributed by atoms with E-state index in [1.807, 2.05) is 13.8 Å². The van der Waals surface area contributed by atoms with Crippen molar-refractivity contribution in [3.63, 3.8) is 0 Å². The van der Waals surface area contributed by atoms with Crippen LogP contribution in [0.3, 0.4) is 0 Å². The molecule has 2 rings (SSSR count). The number of rotatable bonds is 3. The summed E-state index contributed by atoms with van der Waals surface area (Å²) < 4.78 is 0. The average molecular weight is 250 g/mol. The molecule has 1 saturated heterocycles. The molecule has 3 N–H and O–H groups in total. The van der Waals surface area contributed by atoms with Crippen molar-refractivity contribution in [2.45, 2.75) is 34.1 Å². The lowest BCUT2D eigenvalue weighted by Gasteiger charge is -2.31. The summed E-state index contributed by atoms with van der Waals surface area (Å²) in [6.07, 6.45) is 0.895. The highest BCUT2D eigenvalue weighted by Gasteiger charge is 2.44. The van der Waals surface area contributed by atoms with Gasteiger partial charge in [-0.1, -0.05) is 13.8 Å². The Labute approximate surface area is 108 Å². The quantitative estimate of drug-likeness (QED) is 0.763. The van der Waals surface area contributed by atoms with E-state index in [4.69, 9.17) is 0 Å². The maximum absolute atomic E-state index is 12.6. The Bertz CT molecular complexity index is 424. The fourth-order valence-corrected chi connectivity index (χ4v) is 2.63. The Morgan fingerprint density at radius 2 is 2.17 bits per heavy atom. The maximum atomic E-state index is 12.6. The third-order valence-electron chi connectivity index (χ3n) is 4.11. The standard InChI is InChI=1S/C13H22N4O/c1-8(2)13(5-6-14-7-13)12(18)15-11-9(3)16-17-10(11)4/h8,14H,5-7H2,1-4H3,(H,15,18)(H,16,17). The van der Waals surface area contributed by atoms with E-state index in [9.17, 15) is 4.79 Å². The molecule has 1 amide bonds. The van der Waals surface area contributed by atoms with E-state index < -0.39 is 0 Å². The Balaban J connectivity index is 2.21. The Hall–Kier alpha value is -1.36. The molecule has 0 spiro atoms. The van der Waals surface area contributed by atoms with Crippen LogP contribution >= 0.6 is 0 Å².